The Hall–Kier alpha value is -3.16. The molecule has 26 heavy (non-hydrogen) atoms. The van der Waals surface area contributed by atoms with Gasteiger partial charge in [-0.25, -0.2) is 18.2 Å². The van der Waals surface area contributed by atoms with E-state index in [4.69, 9.17) is 0 Å². The Morgan fingerprint density at radius 3 is 2.50 bits per heavy atom. The summed E-state index contributed by atoms with van der Waals surface area (Å²) in [7, 11) is 0. The number of benzene rings is 1. The summed E-state index contributed by atoms with van der Waals surface area (Å²) in [6.45, 7) is 3.84. The first kappa shape index (κ1) is 17.7. The predicted octanol–water partition coefficient (Wildman–Crippen LogP) is 4.52. The van der Waals surface area contributed by atoms with Crippen LogP contribution in [0.15, 0.2) is 42.7 Å². The van der Waals surface area contributed by atoms with Gasteiger partial charge in [0.15, 0.2) is 17.5 Å². The van der Waals surface area contributed by atoms with Crippen molar-refractivity contribution >= 4 is 17.5 Å². The van der Waals surface area contributed by atoms with Crippen LogP contribution in [0.4, 0.5) is 30.6 Å². The fraction of sp³-hybridized carbons (Fsp3) is 0.167. The summed E-state index contributed by atoms with van der Waals surface area (Å²) in [5.74, 6) is -3.57. The van der Waals surface area contributed by atoms with Crippen molar-refractivity contribution in [3.63, 3.8) is 0 Å². The lowest BCUT2D eigenvalue weighted by atomic mass is 10.2. The third-order valence-corrected chi connectivity index (χ3v) is 3.40. The van der Waals surface area contributed by atoms with E-state index in [-0.39, 0.29) is 17.5 Å². The largest absolute Gasteiger partial charge is 0.352 e. The Balaban J connectivity index is 2.02. The number of halogens is 3. The molecule has 134 valence electrons. The van der Waals surface area contributed by atoms with E-state index in [1.54, 1.807) is 24.5 Å². The molecule has 0 spiro atoms. The van der Waals surface area contributed by atoms with Crippen molar-refractivity contribution in [3.05, 3.63) is 60.2 Å². The van der Waals surface area contributed by atoms with Crippen LogP contribution in [0, 0.1) is 17.5 Å². The Labute approximate surface area is 148 Å². The maximum atomic E-state index is 13.9. The highest BCUT2D eigenvalue weighted by molar-refractivity contribution is 5.67. The Bertz CT molecular complexity index is 916. The van der Waals surface area contributed by atoms with Gasteiger partial charge in [-0.05, 0) is 38.1 Å². The molecule has 0 aliphatic heterocycles. The van der Waals surface area contributed by atoms with E-state index < -0.39 is 17.5 Å². The summed E-state index contributed by atoms with van der Waals surface area (Å²) >= 11 is 0. The number of nitrogens with one attached hydrogen (secondary N) is 2. The normalized spacial score (nSPS) is 10.8. The number of pyridine rings is 1. The van der Waals surface area contributed by atoms with Crippen molar-refractivity contribution in [2.75, 3.05) is 10.6 Å². The van der Waals surface area contributed by atoms with Gasteiger partial charge in [-0.1, -0.05) is 0 Å². The summed E-state index contributed by atoms with van der Waals surface area (Å²) < 4.78 is 40.5. The number of aromatic nitrogens is 3. The van der Waals surface area contributed by atoms with Gasteiger partial charge < -0.3 is 10.6 Å². The molecule has 3 aromatic rings. The SMILES string of the molecule is CC(C)Nc1nc(Nc2ccc(F)c(F)c2F)cc(-c2cccnc2)n1. The summed E-state index contributed by atoms with van der Waals surface area (Å²) in [5, 5.41) is 5.74. The second kappa shape index (κ2) is 7.38. The molecule has 0 saturated heterocycles. The van der Waals surface area contributed by atoms with Crippen LogP contribution in [0.3, 0.4) is 0 Å². The average Bonchev–Trinajstić information content (AvgIpc) is 2.62. The first-order chi connectivity index (χ1) is 12.4. The van der Waals surface area contributed by atoms with Gasteiger partial charge in [0, 0.05) is 30.1 Å². The Morgan fingerprint density at radius 2 is 1.81 bits per heavy atom. The molecule has 3 rings (SSSR count). The molecule has 0 saturated carbocycles. The summed E-state index contributed by atoms with van der Waals surface area (Å²) in [5.41, 5.74) is 1.05. The monoisotopic (exact) mass is 359 g/mol. The van der Waals surface area contributed by atoms with Gasteiger partial charge in [-0.3, -0.25) is 4.98 Å². The summed E-state index contributed by atoms with van der Waals surface area (Å²) in [4.78, 5) is 12.7. The van der Waals surface area contributed by atoms with Crippen molar-refractivity contribution in [3.8, 4) is 11.3 Å². The molecule has 0 aliphatic carbocycles. The van der Waals surface area contributed by atoms with Gasteiger partial charge in [0.25, 0.3) is 0 Å². The minimum atomic E-state index is -1.54. The molecule has 8 heteroatoms. The van der Waals surface area contributed by atoms with Crippen LogP contribution in [0.25, 0.3) is 11.3 Å². The smallest absolute Gasteiger partial charge is 0.225 e. The zero-order chi connectivity index (χ0) is 18.7. The van der Waals surface area contributed by atoms with Gasteiger partial charge >= 0.3 is 0 Å². The standard InChI is InChI=1S/C18H16F3N5/c1-10(2)23-18-25-14(11-4-3-7-22-9-11)8-15(26-18)24-13-6-5-12(19)16(20)17(13)21/h3-10H,1-2H3,(H2,23,24,25,26). The third-order valence-electron chi connectivity index (χ3n) is 3.40. The first-order valence-corrected chi connectivity index (χ1v) is 7.90. The topological polar surface area (TPSA) is 62.7 Å². The Morgan fingerprint density at radius 1 is 1.00 bits per heavy atom. The molecule has 0 radical (unpaired) electrons. The second-order valence-corrected chi connectivity index (χ2v) is 5.85. The number of nitrogens with zero attached hydrogens (tertiary/aromatic N) is 3. The van der Waals surface area contributed by atoms with Crippen molar-refractivity contribution in [1.82, 2.24) is 15.0 Å². The zero-order valence-electron chi connectivity index (χ0n) is 14.1. The second-order valence-electron chi connectivity index (χ2n) is 5.85. The first-order valence-electron chi connectivity index (χ1n) is 7.90. The maximum absolute atomic E-state index is 13.9. The van der Waals surface area contributed by atoms with Crippen LogP contribution in [0.2, 0.25) is 0 Å². The van der Waals surface area contributed by atoms with E-state index in [1.165, 1.54) is 0 Å². The molecular formula is C18H16F3N5. The van der Waals surface area contributed by atoms with Crippen LogP contribution < -0.4 is 10.6 Å². The van der Waals surface area contributed by atoms with Crippen molar-refractivity contribution in [2.24, 2.45) is 0 Å². The van der Waals surface area contributed by atoms with E-state index in [0.29, 0.717) is 11.6 Å². The molecule has 0 aliphatic rings. The maximum Gasteiger partial charge on any atom is 0.225 e. The number of rotatable bonds is 5. The van der Waals surface area contributed by atoms with Crippen LogP contribution in [0.5, 0.6) is 0 Å². The molecule has 0 fully saturated rings. The van der Waals surface area contributed by atoms with Gasteiger partial charge in [0.2, 0.25) is 5.95 Å². The highest BCUT2D eigenvalue weighted by atomic mass is 19.2. The molecule has 1 aromatic carbocycles. The van der Waals surface area contributed by atoms with Crippen LogP contribution in [-0.2, 0) is 0 Å². The van der Waals surface area contributed by atoms with Gasteiger partial charge in [-0.15, -0.1) is 0 Å². The lowest BCUT2D eigenvalue weighted by molar-refractivity contribution is 0.449. The fourth-order valence-corrected chi connectivity index (χ4v) is 2.26. The third kappa shape index (κ3) is 3.90. The van der Waals surface area contributed by atoms with Crippen molar-refractivity contribution in [1.29, 1.82) is 0 Å². The van der Waals surface area contributed by atoms with Crippen LogP contribution >= 0.6 is 0 Å². The van der Waals surface area contributed by atoms with Crippen molar-refractivity contribution < 1.29 is 13.2 Å². The molecule has 2 aromatic heterocycles. The van der Waals surface area contributed by atoms with E-state index in [2.05, 4.69) is 25.6 Å². The lowest BCUT2D eigenvalue weighted by Crippen LogP contribution is -2.13. The van der Waals surface area contributed by atoms with E-state index in [9.17, 15) is 13.2 Å². The molecule has 5 nitrogen and oxygen atoms in total. The number of hydrogen-bond donors (Lipinski definition) is 2. The zero-order valence-corrected chi connectivity index (χ0v) is 14.1. The molecule has 0 unspecified atom stereocenters. The van der Waals surface area contributed by atoms with Crippen molar-refractivity contribution in [2.45, 2.75) is 19.9 Å². The molecule has 2 heterocycles. The molecule has 0 amide bonds. The van der Waals surface area contributed by atoms with Crippen LogP contribution in [0.1, 0.15) is 13.8 Å². The van der Waals surface area contributed by atoms with Gasteiger partial charge in [0.1, 0.15) is 5.82 Å². The van der Waals surface area contributed by atoms with E-state index >= 15 is 0 Å². The highest BCUT2D eigenvalue weighted by Crippen LogP contribution is 2.26. The summed E-state index contributed by atoms with van der Waals surface area (Å²) in [6.07, 6.45) is 3.26. The number of anilines is 3. The quantitative estimate of drug-likeness (QED) is 0.656. The van der Waals surface area contributed by atoms with Gasteiger partial charge in [-0.2, -0.15) is 4.98 Å². The van der Waals surface area contributed by atoms with Gasteiger partial charge in [0.05, 0.1) is 11.4 Å². The highest BCUT2D eigenvalue weighted by Gasteiger charge is 2.15. The molecular weight excluding hydrogens is 343 g/mol. The Kier molecular flexibility index (Phi) is 5.01. The van der Waals surface area contributed by atoms with E-state index in [1.807, 2.05) is 19.9 Å². The average molecular weight is 359 g/mol. The minimum absolute atomic E-state index is 0.0620. The minimum Gasteiger partial charge on any atom is -0.352 e. The summed E-state index contributed by atoms with van der Waals surface area (Å²) in [6, 6.07) is 7.16. The molecule has 2 N–H and O–H groups in total. The number of hydrogen-bond acceptors (Lipinski definition) is 5. The lowest BCUT2D eigenvalue weighted by Gasteiger charge is -2.13. The molecule has 0 atom stereocenters. The fourth-order valence-electron chi connectivity index (χ4n) is 2.26. The predicted molar refractivity (Wildman–Crippen MR) is 93.6 cm³/mol. The van der Waals surface area contributed by atoms with Crippen LogP contribution in [-0.4, -0.2) is 21.0 Å². The molecule has 0 bridgehead atoms. The van der Waals surface area contributed by atoms with E-state index in [0.717, 1.165) is 17.7 Å².